The van der Waals surface area contributed by atoms with Gasteiger partial charge in [-0.2, -0.15) is 0 Å². The third-order valence-electron chi connectivity index (χ3n) is 2.21. The van der Waals surface area contributed by atoms with Gasteiger partial charge in [-0.3, -0.25) is 4.79 Å². The second kappa shape index (κ2) is 5.01. The normalized spacial score (nSPS) is 11.4. The first-order valence-corrected chi connectivity index (χ1v) is 6.15. The standard InChI is InChI=1S/C13H14ClN3O2/c1-13(2,3)15-10(18)12-17-16-11(19-12)8-6-4-5-7-9(8)14/h4-7H,1-3H3,(H,15,18). The smallest absolute Gasteiger partial charge is 0.309 e. The lowest BCUT2D eigenvalue weighted by molar-refractivity contribution is 0.0884. The number of benzene rings is 1. The summed E-state index contributed by atoms with van der Waals surface area (Å²) in [5, 5.41) is 10.8. The molecular weight excluding hydrogens is 266 g/mol. The first-order valence-electron chi connectivity index (χ1n) is 5.78. The van der Waals surface area contributed by atoms with Gasteiger partial charge in [-0.25, -0.2) is 0 Å². The van der Waals surface area contributed by atoms with Gasteiger partial charge in [0, 0.05) is 5.54 Å². The number of carbonyl (C=O) groups is 1. The Bertz CT molecular complexity index is 602. The van der Waals surface area contributed by atoms with Gasteiger partial charge < -0.3 is 9.73 Å². The van der Waals surface area contributed by atoms with E-state index in [4.69, 9.17) is 16.0 Å². The van der Waals surface area contributed by atoms with Crippen LogP contribution in [0.15, 0.2) is 28.7 Å². The predicted octanol–water partition coefficient (Wildman–Crippen LogP) is 2.92. The van der Waals surface area contributed by atoms with Crippen molar-refractivity contribution in [2.75, 3.05) is 0 Å². The third kappa shape index (κ3) is 3.32. The molecule has 2 rings (SSSR count). The van der Waals surface area contributed by atoms with E-state index < -0.39 is 5.91 Å². The minimum absolute atomic E-state index is 0.0788. The van der Waals surface area contributed by atoms with E-state index in [0.29, 0.717) is 10.6 Å². The molecule has 1 heterocycles. The lowest BCUT2D eigenvalue weighted by atomic mass is 10.1. The molecule has 0 aliphatic heterocycles. The Labute approximate surface area is 116 Å². The maximum Gasteiger partial charge on any atom is 0.309 e. The lowest BCUT2D eigenvalue weighted by Gasteiger charge is -2.18. The third-order valence-corrected chi connectivity index (χ3v) is 2.54. The first kappa shape index (κ1) is 13.5. The van der Waals surface area contributed by atoms with Crippen molar-refractivity contribution in [2.45, 2.75) is 26.3 Å². The van der Waals surface area contributed by atoms with Gasteiger partial charge in [0.25, 0.3) is 0 Å². The molecule has 1 aromatic carbocycles. The minimum Gasteiger partial charge on any atom is -0.412 e. The van der Waals surface area contributed by atoms with E-state index in [1.807, 2.05) is 20.8 Å². The monoisotopic (exact) mass is 279 g/mol. The van der Waals surface area contributed by atoms with Crippen LogP contribution in [0.1, 0.15) is 31.5 Å². The summed E-state index contributed by atoms with van der Waals surface area (Å²) in [6, 6.07) is 7.08. The van der Waals surface area contributed by atoms with Crippen LogP contribution in [-0.4, -0.2) is 21.6 Å². The van der Waals surface area contributed by atoms with Crippen molar-refractivity contribution < 1.29 is 9.21 Å². The molecule has 1 aromatic heterocycles. The van der Waals surface area contributed by atoms with E-state index in [1.54, 1.807) is 24.3 Å². The summed E-state index contributed by atoms with van der Waals surface area (Å²) in [4.78, 5) is 11.8. The van der Waals surface area contributed by atoms with Gasteiger partial charge in [-0.1, -0.05) is 23.7 Å². The largest absolute Gasteiger partial charge is 0.412 e. The minimum atomic E-state index is -0.404. The molecule has 0 atom stereocenters. The lowest BCUT2D eigenvalue weighted by Crippen LogP contribution is -2.40. The van der Waals surface area contributed by atoms with Crippen LogP contribution >= 0.6 is 11.6 Å². The van der Waals surface area contributed by atoms with Gasteiger partial charge in [-0.15, -0.1) is 10.2 Å². The molecule has 19 heavy (non-hydrogen) atoms. The summed E-state index contributed by atoms with van der Waals surface area (Å²) in [7, 11) is 0. The van der Waals surface area contributed by atoms with E-state index in [1.165, 1.54) is 0 Å². The van der Waals surface area contributed by atoms with Crippen molar-refractivity contribution in [3.8, 4) is 11.5 Å². The Balaban J connectivity index is 2.25. The van der Waals surface area contributed by atoms with Crippen LogP contribution in [0.25, 0.3) is 11.5 Å². The summed E-state index contributed by atoms with van der Waals surface area (Å²) >= 11 is 6.03. The second-order valence-corrected chi connectivity index (χ2v) is 5.50. The van der Waals surface area contributed by atoms with Crippen LogP contribution < -0.4 is 5.32 Å². The van der Waals surface area contributed by atoms with E-state index in [2.05, 4.69) is 15.5 Å². The highest BCUT2D eigenvalue weighted by atomic mass is 35.5. The quantitative estimate of drug-likeness (QED) is 0.918. The Kier molecular flexibility index (Phi) is 3.57. The fourth-order valence-corrected chi connectivity index (χ4v) is 1.67. The number of hydrogen-bond acceptors (Lipinski definition) is 4. The zero-order valence-electron chi connectivity index (χ0n) is 10.9. The van der Waals surface area contributed by atoms with Crippen LogP contribution in [0, 0.1) is 0 Å². The highest BCUT2D eigenvalue weighted by Crippen LogP contribution is 2.26. The van der Waals surface area contributed by atoms with E-state index >= 15 is 0 Å². The summed E-state index contributed by atoms with van der Waals surface area (Å²) in [6.07, 6.45) is 0. The number of rotatable bonds is 2. The highest BCUT2D eigenvalue weighted by molar-refractivity contribution is 6.33. The summed E-state index contributed by atoms with van der Waals surface area (Å²) in [6.45, 7) is 5.61. The number of amides is 1. The molecule has 0 bridgehead atoms. The molecule has 1 amide bonds. The number of aromatic nitrogens is 2. The number of nitrogens with one attached hydrogen (secondary N) is 1. The molecule has 1 N–H and O–H groups in total. The van der Waals surface area contributed by atoms with Crippen molar-refractivity contribution in [3.63, 3.8) is 0 Å². The zero-order valence-corrected chi connectivity index (χ0v) is 11.7. The molecule has 0 saturated carbocycles. The maximum atomic E-state index is 11.8. The van der Waals surface area contributed by atoms with Crippen molar-refractivity contribution in [3.05, 3.63) is 35.2 Å². The zero-order chi connectivity index (χ0) is 14.0. The molecule has 0 spiro atoms. The Morgan fingerprint density at radius 1 is 1.26 bits per heavy atom. The van der Waals surface area contributed by atoms with Gasteiger partial charge in [0.15, 0.2) is 0 Å². The van der Waals surface area contributed by atoms with E-state index in [9.17, 15) is 4.79 Å². The number of halogens is 1. The van der Waals surface area contributed by atoms with Gasteiger partial charge >= 0.3 is 11.8 Å². The highest BCUT2D eigenvalue weighted by Gasteiger charge is 2.21. The molecule has 0 aliphatic rings. The Morgan fingerprint density at radius 2 is 1.95 bits per heavy atom. The molecule has 2 aromatic rings. The molecule has 0 unspecified atom stereocenters. The van der Waals surface area contributed by atoms with Crippen LogP contribution in [0.4, 0.5) is 0 Å². The van der Waals surface area contributed by atoms with Crippen molar-refractivity contribution >= 4 is 17.5 Å². The van der Waals surface area contributed by atoms with Crippen LogP contribution in [0.5, 0.6) is 0 Å². The first-order chi connectivity index (χ1) is 8.87. The van der Waals surface area contributed by atoms with E-state index in [0.717, 1.165) is 0 Å². The number of hydrogen-bond donors (Lipinski definition) is 1. The van der Waals surface area contributed by atoms with Gasteiger partial charge in [0.2, 0.25) is 5.89 Å². The van der Waals surface area contributed by atoms with Crippen LogP contribution in [-0.2, 0) is 0 Å². The molecule has 5 nitrogen and oxygen atoms in total. The molecule has 0 saturated heterocycles. The SMILES string of the molecule is CC(C)(C)NC(=O)c1nnc(-c2ccccc2Cl)o1. The van der Waals surface area contributed by atoms with Crippen molar-refractivity contribution in [2.24, 2.45) is 0 Å². The molecule has 0 fully saturated rings. The van der Waals surface area contributed by atoms with Gasteiger partial charge in [0.05, 0.1) is 10.6 Å². The molecule has 6 heteroatoms. The molecule has 0 aliphatic carbocycles. The molecule has 0 radical (unpaired) electrons. The number of carbonyl (C=O) groups excluding carboxylic acids is 1. The summed E-state index contributed by atoms with van der Waals surface area (Å²) in [5.41, 5.74) is 0.238. The topological polar surface area (TPSA) is 68.0 Å². The van der Waals surface area contributed by atoms with E-state index in [-0.39, 0.29) is 17.3 Å². The second-order valence-electron chi connectivity index (χ2n) is 5.10. The molecular formula is C13H14ClN3O2. The fraction of sp³-hybridized carbons (Fsp3) is 0.308. The van der Waals surface area contributed by atoms with Crippen molar-refractivity contribution in [1.29, 1.82) is 0 Å². The summed E-state index contributed by atoms with van der Waals surface area (Å²) in [5.74, 6) is -0.257. The number of nitrogens with zero attached hydrogens (tertiary/aromatic N) is 2. The predicted molar refractivity (Wildman–Crippen MR) is 72.0 cm³/mol. The van der Waals surface area contributed by atoms with Gasteiger partial charge in [0.1, 0.15) is 0 Å². The summed E-state index contributed by atoms with van der Waals surface area (Å²) < 4.78 is 5.34. The maximum absolute atomic E-state index is 11.8. The van der Waals surface area contributed by atoms with Crippen LogP contribution in [0.3, 0.4) is 0 Å². The Morgan fingerprint density at radius 3 is 2.58 bits per heavy atom. The fourth-order valence-electron chi connectivity index (χ4n) is 1.45. The average molecular weight is 280 g/mol. The van der Waals surface area contributed by atoms with Gasteiger partial charge in [-0.05, 0) is 32.9 Å². The van der Waals surface area contributed by atoms with Crippen LogP contribution in [0.2, 0.25) is 5.02 Å². The average Bonchev–Trinajstić information content (AvgIpc) is 2.76. The van der Waals surface area contributed by atoms with Crippen molar-refractivity contribution in [1.82, 2.24) is 15.5 Å². The molecule has 100 valence electrons. The Hall–Kier alpha value is -1.88.